The van der Waals surface area contributed by atoms with Crippen LogP contribution < -0.4 is 0 Å². The molecule has 2 aliphatic heterocycles. The minimum atomic E-state index is -0.405. The largest absolute Gasteiger partial charge is 0.299 e. The van der Waals surface area contributed by atoms with Crippen LogP contribution in [0.1, 0.15) is 68.2 Å². The van der Waals surface area contributed by atoms with E-state index in [0.717, 1.165) is 0 Å². The Labute approximate surface area is 398 Å². The number of carbonyl (C=O) groups is 8. The Bertz CT molecular complexity index is 1500. The van der Waals surface area contributed by atoms with Gasteiger partial charge in [0.05, 0.1) is 69.6 Å². The monoisotopic (exact) mass is 947 g/mol. The summed E-state index contributed by atoms with van der Waals surface area (Å²) in [6.07, 6.45) is 2.48. The van der Waals surface area contributed by atoms with Crippen molar-refractivity contribution in [2.24, 2.45) is 9.98 Å². The predicted molar refractivity (Wildman–Crippen MR) is 257 cm³/mol. The number of aliphatic imine (C=N–C) groups is 2. The van der Waals surface area contributed by atoms with Gasteiger partial charge in [0.2, 0.25) is 6.08 Å². The summed E-state index contributed by atoms with van der Waals surface area (Å²) in [6, 6.07) is -0.717. The number of ketones is 8. The summed E-state index contributed by atoms with van der Waals surface area (Å²) >= 11 is 4.66. The summed E-state index contributed by atoms with van der Waals surface area (Å²) in [5.41, 5.74) is 0. The number of Topliss-reactive ketones (excluding diaryl/α,β-unsaturated/α-hetero) is 8. The molecule has 2 heterocycles. The predicted octanol–water partition coefficient (Wildman–Crippen LogP) is 0.0840. The van der Waals surface area contributed by atoms with E-state index in [-0.39, 0.29) is 58.9 Å². The van der Waals surface area contributed by atoms with E-state index in [1.807, 2.05) is 0 Å². The topological polar surface area (TPSA) is 204 Å². The highest BCUT2D eigenvalue weighted by atomic mass is 32.1. The normalized spacial score (nSPS) is 19.0. The smallest absolute Gasteiger partial charge is 0.234 e. The van der Waals surface area contributed by atoms with E-state index in [0.29, 0.717) is 163 Å². The summed E-state index contributed by atoms with van der Waals surface area (Å²) in [6.45, 7) is 25.0. The lowest BCUT2D eigenvalue weighted by molar-refractivity contribution is -0.123. The van der Waals surface area contributed by atoms with Crippen LogP contribution in [0.25, 0.3) is 0 Å². The Morgan fingerprint density at radius 2 is 0.606 bits per heavy atom. The lowest BCUT2D eigenvalue weighted by atomic mass is 10.1. The van der Waals surface area contributed by atoms with Crippen LogP contribution in [0.5, 0.6) is 0 Å². The van der Waals surface area contributed by atoms with Crippen molar-refractivity contribution in [3.63, 3.8) is 0 Å². The van der Waals surface area contributed by atoms with Crippen LogP contribution in [-0.2, 0) is 43.2 Å². The van der Waals surface area contributed by atoms with Crippen molar-refractivity contribution in [1.29, 1.82) is 0 Å². The van der Waals surface area contributed by atoms with Crippen LogP contribution in [0.3, 0.4) is 0 Å². The van der Waals surface area contributed by atoms with Crippen LogP contribution in [0.4, 0.5) is 0 Å². The lowest BCUT2D eigenvalue weighted by Crippen LogP contribution is -2.51. The quantitative estimate of drug-likeness (QED) is 0.0801. The number of thiocarbonyl (C=S) groups is 1. The first kappa shape index (κ1) is 60.2. The second kappa shape index (κ2) is 34.5. The Hall–Kier alpha value is -3.78. The van der Waals surface area contributed by atoms with Crippen LogP contribution >= 0.6 is 12.2 Å². The molecule has 0 aliphatic carbocycles. The molecule has 2 saturated heterocycles. The molecule has 0 bridgehead atoms. The van der Waals surface area contributed by atoms with Crippen molar-refractivity contribution in [1.82, 2.24) is 39.2 Å². The molecule has 19 nitrogen and oxygen atoms in total. The van der Waals surface area contributed by atoms with E-state index in [4.69, 9.17) is 0 Å². The van der Waals surface area contributed by atoms with Gasteiger partial charge in [-0.15, -0.1) is 0 Å². The zero-order chi connectivity index (χ0) is 49.6. The van der Waals surface area contributed by atoms with E-state index < -0.39 is 6.04 Å². The fourth-order valence-electron chi connectivity index (χ4n) is 8.32. The average Bonchev–Trinajstić information content (AvgIpc) is 3.20. The van der Waals surface area contributed by atoms with Crippen molar-refractivity contribution >= 4 is 69.7 Å². The first-order chi connectivity index (χ1) is 31.2. The minimum Gasteiger partial charge on any atom is -0.299 e. The third-order valence-corrected chi connectivity index (χ3v) is 11.5. The van der Waals surface area contributed by atoms with Gasteiger partial charge in [-0.25, -0.2) is 14.8 Å². The molecule has 2 unspecified atom stereocenters. The molecule has 2 aliphatic rings. The first-order valence-electron chi connectivity index (χ1n) is 23.1. The second-order valence-electron chi connectivity index (χ2n) is 17.7. The van der Waals surface area contributed by atoms with Gasteiger partial charge in [-0.1, -0.05) is 0 Å². The highest BCUT2D eigenvalue weighted by Crippen LogP contribution is 2.12. The van der Waals surface area contributed by atoms with Crippen LogP contribution in [0.2, 0.25) is 0 Å². The van der Waals surface area contributed by atoms with E-state index in [1.54, 1.807) is 48.5 Å². The van der Waals surface area contributed by atoms with Gasteiger partial charge in [0.1, 0.15) is 46.3 Å². The molecular formula is C46H78N10O9S. The fourth-order valence-corrected chi connectivity index (χ4v) is 8.41. The molecule has 0 spiro atoms. The van der Waals surface area contributed by atoms with E-state index in [9.17, 15) is 43.2 Å². The summed E-state index contributed by atoms with van der Waals surface area (Å²) in [5, 5.41) is 2.35. The third-order valence-electron chi connectivity index (χ3n) is 11.4. The maximum atomic E-state index is 12.5. The lowest BCUT2D eigenvalue weighted by Gasteiger charge is -2.36. The molecular weight excluding hydrogens is 869 g/mol. The van der Waals surface area contributed by atoms with Crippen molar-refractivity contribution in [2.75, 3.05) is 157 Å². The molecule has 372 valence electrons. The van der Waals surface area contributed by atoms with Crippen LogP contribution in [0, 0.1) is 0 Å². The van der Waals surface area contributed by atoms with Gasteiger partial charge >= 0.3 is 0 Å². The molecule has 0 saturated carbocycles. The summed E-state index contributed by atoms with van der Waals surface area (Å²) in [7, 11) is 0. The Morgan fingerprint density at radius 1 is 0.394 bits per heavy atom. The Morgan fingerprint density at radius 3 is 0.788 bits per heavy atom. The van der Waals surface area contributed by atoms with Crippen molar-refractivity contribution in [3.8, 4) is 0 Å². The van der Waals surface area contributed by atoms with Gasteiger partial charge in [-0.3, -0.25) is 77.6 Å². The van der Waals surface area contributed by atoms with Gasteiger partial charge in [0.25, 0.3) is 0 Å². The Kier molecular flexibility index (Phi) is 31.5. The van der Waals surface area contributed by atoms with Gasteiger partial charge in [0, 0.05) is 105 Å². The Balaban J connectivity index is 0.000000660. The molecule has 0 radical (unpaired) electrons. The number of isothiocyanates is 1. The number of hydrogen-bond acceptors (Lipinski definition) is 20. The number of isocyanates is 1. The van der Waals surface area contributed by atoms with Crippen molar-refractivity contribution in [3.05, 3.63) is 0 Å². The molecule has 0 amide bonds. The van der Waals surface area contributed by atoms with E-state index in [1.165, 1.54) is 13.0 Å². The zero-order valence-electron chi connectivity index (χ0n) is 41.1. The molecule has 2 fully saturated rings. The fraction of sp³-hybridized carbons (Fsp3) is 0.783. The SMILES string of the molecule is CC(=O)CN1CCN(CC(C)=O)CCN(C(CCN=C=O)C(C)=O)CCN(CC(C)=O)CC1.CC(=O)CN1CCN(CC(C)=O)CCN(C(CCN=C=S)C(C)=O)CCN(CC(C)=O)CC1. The second-order valence-corrected chi connectivity index (χ2v) is 17.9. The maximum absolute atomic E-state index is 12.5. The average molecular weight is 947 g/mol. The molecule has 66 heavy (non-hydrogen) atoms. The third kappa shape index (κ3) is 28.4. The van der Waals surface area contributed by atoms with E-state index in [2.05, 4.69) is 66.6 Å². The first-order valence-corrected chi connectivity index (χ1v) is 23.5. The molecule has 20 heteroatoms. The molecule has 0 N–H and O–H groups in total. The number of nitrogens with zero attached hydrogens (tertiary/aromatic N) is 10. The standard InChI is InChI=1S/C23H39N5O5.C23H39N5O4S/c1-19(30)15-25-7-9-26(16-20(2)31)11-13-28(23(22(4)33)5-6-24-18-29)14-12-27(10-8-25)17-21(3)32;1-19(29)15-25-7-9-26(16-20(2)30)11-13-28(23(22(4)32)5-6-24-18-33)14-12-27(10-8-25)17-21(3)31/h2*23H,5-17H2,1-4H3. The molecule has 0 aromatic heterocycles. The van der Waals surface area contributed by atoms with E-state index >= 15 is 0 Å². The molecule has 0 aromatic carbocycles. The highest BCUT2D eigenvalue weighted by Gasteiger charge is 2.27. The molecule has 2 atom stereocenters. The molecule has 0 aromatic rings. The summed E-state index contributed by atoms with van der Waals surface area (Å²) < 4.78 is 0. The maximum Gasteiger partial charge on any atom is 0.234 e. The van der Waals surface area contributed by atoms with Gasteiger partial charge in [-0.2, -0.15) is 0 Å². The van der Waals surface area contributed by atoms with Gasteiger partial charge in [0.15, 0.2) is 0 Å². The van der Waals surface area contributed by atoms with Gasteiger partial charge in [-0.05, 0) is 80.4 Å². The van der Waals surface area contributed by atoms with Crippen molar-refractivity contribution < 1.29 is 43.2 Å². The highest BCUT2D eigenvalue weighted by molar-refractivity contribution is 7.78. The summed E-state index contributed by atoms with van der Waals surface area (Å²) in [5.74, 6) is 0.499. The summed E-state index contributed by atoms with van der Waals surface area (Å²) in [4.78, 5) is 130. The number of carbonyl (C=O) groups excluding carboxylic acids is 9. The van der Waals surface area contributed by atoms with Crippen molar-refractivity contribution in [2.45, 2.75) is 80.3 Å². The van der Waals surface area contributed by atoms with Gasteiger partial charge < -0.3 is 0 Å². The molecule has 2 rings (SSSR count). The number of hydrogen-bond donors (Lipinski definition) is 0. The zero-order valence-corrected chi connectivity index (χ0v) is 41.9. The minimum absolute atomic E-state index is 0.00735. The number of rotatable bonds is 22. The van der Waals surface area contributed by atoms with Crippen LogP contribution in [0.15, 0.2) is 9.98 Å². The van der Waals surface area contributed by atoms with Crippen LogP contribution in [-0.4, -0.2) is 266 Å².